The van der Waals surface area contributed by atoms with Crippen LogP contribution in [0.1, 0.15) is 43.1 Å². The third kappa shape index (κ3) is 6.30. The molecule has 22 heavy (non-hydrogen) atoms. The summed E-state index contributed by atoms with van der Waals surface area (Å²) in [5.74, 6) is -1.45. The molecule has 1 aromatic carbocycles. The Balaban J connectivity index is 2.42. The summed E-state index contributed by atoms with van der Waals surface area (Å²) >= 11 is 0. The minimum absolute atomic E-state index is 0.135. The van der Waals surface area contributed by atoms with Crippen molar-refractivity contribution in [2.45, 2.75) is 32.8 Å². The Morgan fingerprint density at radius 1 is 1.32 bits per heavy atom. The first kappa shape index (κ1) is 17.6. The van der Waals surface area contributed by atoms with Gasteiger partial charge in [-0.2, -0.15) is 0 Å². The van der Waals surface area contributed by atoms with Gasteiger partial charge in [0, 0.05) is 6.54 Å². The van der Waals surface area contributed by atoms with E-state index in [1.165, 1.54) is 12.1 Å². The van der Waals surface area contributed by atoms with Crippen LogP contribution in [0.15, 0.2) is 24.3 Å². The summed E-state index contributed by atoms with van der Waals surface area (Å²) < 4.78 is 5.09. The molecule has 0 fully saturated rings. The van der Waals surface area contributed by atoms with Crippen molar-refractivity contribution in [2.24, 2.45) is 0 Å². The van der Waals surface area contributed by atoms with Crippen LogP contribution in [0.25, 0.3) is 6.08 Å². The van der Waals surface area contributed by atoms with Crippen molar-refractivity contribution in [3.8, 4) is 5.75 Å². The second-order valence-electron chi connectivity index (χ2n) is 5.70. The van der Waals surface area contributed by atoms with Gasteiger partial charge in [0.15, 0.2) is 0 Å². The molecule has 1 amide bonds. The second-order valence-corrected chi connectivity index (χ2v) is 5.70. The van der Waals surface area contributed by atoms with Crippen LogP contribution in [0.5, 0.6) is 5.75 Å². The lowest BCUT2D eigenvalue weighted by Gasteiger charge is -2.19. The van der Waals surface area contributed by atoms with Gasteiger partial charge in [-0.25, -0.2) is 9.59 Å². The first-order valence-corrected chi connectivity index (χ1v) is 6.89. The lowest BCUT2D eigenvalue weighted by atomic mass is 10.1. The van der Waals surface area contributed by atoms with Gasteiger partial charge in [0.2, 0.25) is 0 Å². The number of aromatic hydroxyl groups is 1. The minimum Gasteiger partial charge on any atom is -0.507 e. The van der Waals surface area contributed by atoms with Gasteiger partial charge in [-0.1, -0.05) is 18.2 Å². The molecule has 0 aliphatic rings. The van der Waals surface area contributed by atoms with Crippen molar-refractivity contribution in [1.82, 2.24) is 5.32 Å². The zero-order chi connectivity index (χ0) is 16.8. The van der Waals surface area contributed by atoms with E-state index in [9.17, 15) is 14.7 Å². The highest BCUT2D eigenvalue weighted by Crippen LogP contribution is 2.19. The molecule has 3 N–H and O–H groups in total. The fraction of sp³-hybridized carbons (Fsp3) is 0.375. The molecule has 6 heteroatoms. The average Bonchev–Trinajstić information content (AvgIpc) is 2.35. The molecule has 0 aliphatic carbocycles. The maximum Gasteiger partial charge on any atom is 0.407 e. The molecular formula is C16H21NO5. The molecule has 0 unspecified atom stereocenters. The summed E-state index contributed by atoms with van der Waals surface area (Å²) in [6.07, 6.45) is 3.67. The van der Waals surface area contributed by atoms with Gasteiger partial charge < -0.3 is 20.3 Å². The standard InChI is InChI=1S/C16H21NO5/c1-16(2,3)22-15(21)17-9-5-4-6-11-7-8-12(14(19)20)13(18)10-11/h4,6-8,10,18H,5,9H2,1-3H3,(H,17,21)(H,19,20). The number of phenols is 1. The lowest BCUT2D eigenvalue weighted by molar-refractivity contribution is 0.0528. The highest BCUT2D eigenvalue weighted by atomic mass is 16.6. The van der Waals surface area contributed by atoms with Gasteiger partial charge in [0.05, 0.1) is 0 Å². The number of hydrogen-bond donors (Lipinski definition) is 3. The molecule has 120 valence electrons. The number of carbonyl (C=O) groups excluding carboxylic acids is 1. The van der Waals surface area contributed by atoms with Crippen molar-refractivity contribution in [3.63, 3.8) is 0 Å². The van der Waals surface area contributed by atoms with Gasteiger partial charge in [0.25, 0.3) is 0 Å². The number of aromatic carboxylic acids is 1. The Morgan fingerprint density at radius 2 is 2.00 bits per heavy atom. The third-order valence-corrected chi connectivity index (χ3v) is 2.54. The number of carboxylic acids is 1. The molecule has 0 atom stereocenters. The highest BCUT2D eigenvalue weighted by Gasteiger charge is 2.15. The number of carbonyl (C=O) groups is 2. The summed E-state index contributed by atoms with van der Waals surface area (Å²) in [5.41, 5.74) is 0.0204. The number of nitrogens with one attached hydrogen (secondary N) is 1. The Kier molecular flexibility index (Phi) is 5.98. The molecule has 0 saturated heterocycles. The molecule has 0 spiro atoms. The molecule has 0 bridgehead atoms. The Bertz CT molecular complexity index is 572. The number of hydrogen-bond acceptors (Lipinski definition) is 4. The van der Waals surface area contributed by atoms with E-state index in [0.29, 0.717) is 18.5 Å². The lowest BCUT2D eigenvalue weighted by Crippen LogP contribution is -2.32. The first-order valence-electron chi connectivity index (χ1n) is 6.89. The fourth-order valence-electron chi connectivity index (χ4n) is 1.62. The zero-order valence-electron chi connectivity index (χ0n) is 12.9. The SMILES string of the molecule is CC(C)(C)OC(=O)NCCC=Cc1ccc(C(=O)O)c(O)c1. The van der Waals surface area contributed by atoms with Crippen LogP contribution in [0.2, 0.25) is 0 Å². The van der Waals surface area contributed by atoms with E-state index in [-0.39, 0.29) is 11.3 Å². The van der Waals surface area contributed by atoms with E-state index in [1.807, 2.05) is 6.08 Å². The summed E-state index contributed by atoms with van der Waals surface area (Å²) in [6.45, 7) is 5.80. The normalized spacial score (nSPS) is 11.4. The van der Waals surface area contributed by atoms with Crippen LogP contribution in [0.4, 0.5) is 4.79 Å². The smallest absolute Gasteiger partial charge is 0.407 e. The summed E-state index contributed by atoms with van der Waals surface area (Å²) in [5, 5.41) is 21.0. The van der Waals surface area contributed by atoms with Gasteiger partial charge in [-0.3, -0.25) is 0 Å². The molecule has 0 saturated carbocycles. The number of ether oxygens (including phenoxy) is 1. The van der Waals surface area contributed by atoms with Gasteiger partial charge in [-0.05, 0) is 44.9 Å². The van der Waals surface area contributed by atoms with Gasteiger partial charge >= 0.3 is 12.1 Å². The third-order valence-electron chi connectivity index (χ3n) is 2.54. The number of carboxylic acid groups (broad SMARTS) is 1. The summed E-state index contributed by atoms with van der Waals surface area (Å²) in [7, 11) is 0. The maximum absolute atomic E-state index is 11.4. The van der Waals surface area contributed by atoms with Crippen molar-refractivity contribution >= 4 is 18.1 Å². The molecule has 6 nitrogen and oxygen atoms in total. The maximum atomic E-state index is 11.4. The topological polar surface area (TPSA) is 95.9 Å². The number of alkyl carbamates (subject to hydrolysis) is 1. The van der Waals surface area contributed by atoms with E-state index in [1.54, 1.807) is 32.9 Å². The van der Waals surface area contributed by atoms with Crippen molar-refractivity contribution in [1.29, 1.82) is 0 Å². The van der Waals surface area contributed by atoms with Crippen LogP contribution in [-0.4, -0.2) is 34.4 Å². The van der Waals surface area contributed by atoms with Crippen LogP contribution >= 0.6 is 0 Å². The van der Waals surface area contributed by atoms with E-state index in [2.05, 4.69) is 5.32 Å². The average molecular weight is 307 g/mol. The fourth-order valence-corrected chi connectivity index (χ4v) is 1.62. The van der Waals surface area contributed by atoms with Gasteiger partial charge in [-0.15, -0.1) is 0 Å². The predicted octanol–water partition coefficient (Wildman–Crippen LogP) is 3.02. The first-order chi connectivity index (χ1) is 10.2. The van der Waals surface area contributed by atoms with Crippen LogP contribution in [0, 0.1) is 0 Å². The number of amides is 1. The highest BCUT2D eigenvalue weighted by molar-refractivity contribution is 5.91. The summed E-state index contributed by atoms with van der Waals surface area (Å²) in [4.78, 5) is 22.2. The van der Waals surface area contributed by atoms with Crippen molar-refractivity contribution < 1.29 is 24.5 Å². The van der Waals surface area contributed by atoms with E-state index in [0.717, 1.165) is 0 Å². The predicted molar refractivity (Wildman–Crippen MR) is 83.0 cm³/mol. The largest absolute Gasteiger partial charge is 0.507 e. The molecule has 0 heterocycles. The van der Waals surface area contributed by atoms with E-state index in [4.69, 9.17) is 9.84 Å². The quantitative estimate of drug-likeness (QED) is 0.727. The zero-order valence-corrected chi connectivity index (χ0v) is 12.9. The molecule has 0 radical (unpaired) electrons. The monoisotopic (exact) mass is 307 g/mol. The summed E-state index contributed by atoms with van der Waals surface area (Å²) in [6, 6.07) is 4.32. The molecule has 0 aliphatic heterocycles. The van der Waals surface area contributed by atoms with Crippen molar-refractivity contribution in [2.75, 3.05) is 6.54 Å². The molecule has 1 rings (SSSR count). The van der Waals surface area contributed by atoms with Crippen molar-refractivity contribution in [3.05, 3.63) is 35.4 Å². The van der Waals surface area contributed by atoms with Gasteiger partial charge in [0.1, 0.15) is 16.9 Å². The Hall–Kier alpha value is -2.50. The Morgan fingerprint density at radius 3 is 2.55 bits per heavy atom. The Labute approximate surface area is 129 Å². The minimum atomic E-state index is -1.17. The second kappa shape index (κ2) is 7.49. The van der Waals surface area contributed by atoms with Crippen LogP contribution in [0.3, 0.4) is 0 Å². The van der Waals surface area contributed by atoms with Crippen LogP contribution in [-0.2, 0) is 4.74 Å². The van der Waals surface area contributed by atoms with Crippen LogP contribution < -0.4 is 5.32 Å². The van der Waals surface area contributed by atoms with E-state index < -0.39 is 17.7 Å². The molecule has 0 aromatic heterocycles. The number of benzene rings is 1. The number of rotatable bonds is 5. The van der Waals surface area contributed by atoms with E-state index >= 15 is 0 Å². The molecule has 1 aromatic rings. The molecular weight excluding hydrogens is 286 g/mol.